The molecule has 0 fully saturated rings. The molecular weight excluding hydrogens is 256 g/mol. The van der Waals surface area contributed by atoms with Crippen LogP contribution < -0.4 is 10.6 Å². The predicted octanol–water partition coefficient (Wildman–Crippen LogP) is 1.94. The molecule has 0 radical (unpaired) electrons. The van der Waals surface area contributed by atoms with Gasteiger partial charge in [0, 0.05) is 19.3 Å². The number of hydrogen-bond donors (Lipinski definition) is 3. The number of amides is 2. The smallest absolute Gasteiger partial charge is 0.319 e. The molecular formula is C15H24N2O3. The molecule has 0 heterocycles. The van der Waals surface area contributed by atoms with Crippen LogP contribution in [0, 0.1) is 0 Å². The average molecular weight is 280 g/mol. The van der Waals surface area contributed by atoms with Gasteiger partial charge in [0.2, 0.25) is 0 Å². The largest absolute Gasteiger partial charge is 0.389 e. The zero-order valence-electron chi connectivity index (χ0n) is 12.4. The van der Waals surface area contributed by atoms with E-state index in [1.165, 1.54) is 7.11 Å². The molecule has 0 aromatic heterocycles. The summed E-state index contributed by atoms with van der Waals surface area (Å²) in [6, 6.07) is 5.71. The van der Waals surface area contributed by atoms with Gasteiger partial charge in [-0.3, -0.25) is 0 Å². The van der Waals surface area contributed by atoms with E-state index in [1.807, 2.05) is 18.2 Å². The van der Waals surface area contributed by atoms with Crippen molar-refractivity contribution in [1.82, 2.24) is 5.32 Å². The maximum absolute atomic E-state index is 11.9. The van der Waals surface area contributed by atoms with Crippen LogP contribution in [0.1, 0.15) is 25.0 Å². The third kappa shape index (κ3) is 4.83. The molecule has 0 aliphatic rings. The molecule has 0 spiro atoms. The Hall–Kier alpha value is -1.59. The van der Waals surface area contributed by atoms with E-state index in [4.69, 9.17) is 4.74 Å². The van der Waals surface area contributed by atoms with Crippen molar-refractivity contribution in [1.29, 1.82) is 0 Å². The Morgan fingerprint density at radius 3 is 2.40 bits per heavy atom. The quantitative estimate of drug-likeness (QED) is 0.715. The number of hydrogen-bond acceptors (Lipinski definition) is 3. The molecule has 0 saturated heterocycles. The molecule has 5 nitrogen and oxygen atoms in total. The van der Waals surface area contributed by atoms with Crippen LogP contribution in [-0.2, 0) is 17.6 Å². The number of carbonyl (C=O) groups excluding carboxylic acids is 1. The van der Waals surface area contributed by atoms with E-state index in [-0.39, 0.29) is 19.2 Å². The molecule has 0 bridgehead atoms. The third-order valence-corrected chi connectivity index (χ3v) is 3.09. The van der Waals surface area contributed by atoms with Crippen LogP contribution in [0.4, 0.5) is 10.5 Å². The van der Waals surface area contributed by atoms with Gasteiger partial charge in [-0.25, -0.2) is 4.79 Å². The second-order valence-electron chi connectivity index (χ2n) is 4.60. The van der Waals surface area contributed by atoms with Gasteiger partial charge in [-0.15, -0.1) is 0 Å². The van der Waals surface area contributed by atoms with Gasteiger partial charge in [0.05, 0.1) is 12.7 Å². The fourth-order valence-electron chi connectivity index (χ4n) is 2.02. The Morgan fingerprint density at radius 1 is 1.30 bits per heavy atom. The van der Waals surface area contributed by atoms with Crippen molar-refractivity contribution in [2.24, 2.45) is 0 Å². The number of aliphatic hydroxyl groups is 1. The van der Waals surface area contributed by atoms with E-state index in [1.54, 1.807) is 0 Å². The van der Waals surface area contributed by atoms with Gasteiger partial charge >= 0.3 is 6.03 Å². The Kier molecular flexibility index (Phi) is 7.04. The zero-order chi connectivity index (χ0) is 15.0. The highest BCUT2D eigenvalue weighted by molar-refractivity contribution is 5.91. The predicted molar refractivity (Wildman–Crippen MR) is 80.1 cm³/mol. The molecule has 20 heavy (non-hydrogen) atoms. The fraction of sp³-hybridized carbons (Fsp3) is 0.533. The highest BCUT2D eigenvalue weighted by Gasteiger charge is 2.11. The van der Waals surface area contributed by atoms with E-state index in [0.29, 0.717) is 0 Å². The van der Waals surface area contributed by atoms with E-state index in [0.717, 1.165) is 29.7 Å². The normalized spacial score (nSPS) is 12.0. The van der Waals surface area contributed by atoms with Crippen LogP contribution in [0.25, 0.3) is 0 Å². The summed E-state index contributed by atoms with van der Waals surface area (Å²) >= 11 is 0. The van der Waals surface area contributed by atoms with Gasteiger partial charge in [-0.1, -0.05) is 32.0 Å². The van der Waals surface area contributed by atoms with Gasteiger partial charge in [0.1, 0.15) is 0 Å². The molecule has 0 saturated carbocycles. The Labute approximate surface area is 120 Å². The van der Waals surface area contributed by atoms with Crippen LogP contribution in [0.3, 0.4) is 0 Å². The Bertz CT molecular complexity index is 413. The molecule has 0 aliphatic heterocycles. The number of methoxy groups -OCH3 is 1. The number of anilines is 1. The van der Waals surface area contributed by atoms with E-state index < -0.39 is 6.10 Å². The summed E-state index contributed by atoms with van der Waals surface area (Å²) in [5.41, 5.74) is 3.09. The highest BCUT2D eigenvalue weighted by Crippen LogP contribution is 2.22. The monoisotopic (exact) mass is 280 g/mol. The van der Waals surface area contributed by atoms with Crippen LogP contribution in [0.15, 0.2) is 18.2 Å². The molecule has 1 atom stereocenters. The van der Waals surface area contributed by atoms with Gasteiger partial charge < -0.3 is 20.5 Å². The van der Waals surface area contributed by atoms with Gasteiger partial charge in [0.25, 0.3) is 0 Å². The van der Waals surface area contributed by atoms with Crippen LogP contribution in [0.2, 0.25) is 0 Å². The number of aryl methyl sites for hydroxylation is 2. The van der Waals surface area contributed by atoms with Crippen molar-refractivity contribution in [3.8, 4) is 0 Å². The van der Waals surface area contributed by atoms with Gasteiger partial charge in [-0.2, -0.15) is 0 Å². The van der Waals surface area contributed by atoms with Crippen molar-refractivity contribution in [2.75, 3.05) is 25.6 Å². The minimum Gasteiger partial charge on any atom is -0.389 e. The molecule has 1 unspecified atom stereocenters. The summed E-state index contributed by atoms with van der Waals surface area (Å²) in [5, 5.41) is 15.0. The lowest BCUT2D eigenvalue weighted by atomic mass is 10.0. The summed E-state index contributed by atoms with van der Waals surface area (Å²) in [7, 11) is 1.51. The SMILES string of the molecule is CCc1cccc(CC)c1NC(=O)NCC(O)COC. The number of rotatable bonds is 7. The van der Waals surface area contributed by atoms with E-state index >= 15 is 0 Å². The minimum absolute atomic E-state index is 0.162. The van der Waals surface area contributed by atoms with Crippen LogP contribution >= 0.6 is 0 Å². The number of ether oxygens (including phenoxy) is 1. The summed E-state index contributed by atoms with van der Waals surface area (Å²) < 4.78 is 4.81. The third-order valence-electron chi connectivity index (χ3n) is 3.09. The van der Waals surface area contributed by atoms with Crippen molar-refractivity contribution < 1.29 is 14.6 Å². The zero-order valence-corrected chi connectivity index (χ0v) is 12.4. The molecule has 3 N–H and O–H groups in total. The van der Waals surface area contributed by atoms with E-state index in [9.17, 15) is 9.90 Å². The molecule has 1 rings (SSSR count). The molecule has 2 amide bonds. The summed E-state index contributed by atoms with van der Waals surface area (Å²) in [4.78, 5) is 11.9. The molecule has 1 aromatic rings. The fourth-order valence-corrected chi connectivity index (χ4v) is 2.02. The molecule has 0 aliphatic carbocycles. The molecule has 112 valence electrons. The number of nitrogens with one attached hydrogen (secondary N) is 2. The van der Waals surface area contributed by atoms with Crippen molar-refractivity contribution in [2.45, 2.75) is 32.8 Å². The standard InChI is InChI=1S/C15H24N2O3/c1-4-11-7-6-8-12(5-2)14(11)17-15(19)16-9-13(18)10-20-3/h6-8,13,18H,4-5,9-10H2,1-3H3,(H2,16,17,19). The maximum atomic E-state index is 11.9. The Balaban J connectivity index is 2.65. The second-order valence-corrected chi connectivity index (χ2v) is 4.60. The van der Waals surface area contributed by atoms with E-state index in [2.05, 4.69) is 24.5 Å². The average Bonchev–Trinajstić information content (AvgIpc) is 2.45. The molecule has 1 aromatic carbocycles. The number of aliphatic hydroxyl groups excluding tert-OH is 1. The second kappa shape index (κ2) is 8.55. The topological polar surface area (TPSA) is 70.6 Å². The lowest BCUT2D eigenvalue weighted by Crippen LogP contribution is -2.37. The van der Waals surface area contributed by atoms with Crippen molar-refractivity contribution in [3.05, 3.63) is 29.3 Å². The lowest BCUT2D eigenvalue weighted by molar-refractivity contribution is 0.0663. The number of urea groups is 1. The first-order valence-electron chi connectivity index (χ1n) is 6.94. The number of carbonyl (C=O) groups is 1. The minimum atomic E-state index is -0.696. The van der Waals surface area contributed by atoms with Crippen molar-refractivity contribution in [3.63, 3.8) is 0 Å². The maximum Gasteiger partial charge on any atom is 0.319 e. The van der Waals surface area contributed by atoms with Crippen molar-refractivity contribution >= 4 is 11.7 Å². The number of para-hydroxylation sites is 1. The first-order chi connectivity index (χ1) is 9.62. The Morgan fingerprint density at radius 2 is 1.90 bits per heavy atom. The highest BCUT2D eigenvalue weighted by atomic mass is 16.5. The first kappa shape index (κ1) is 16.5. The van der Waals surface area contributed by atoms with Gasteiger partial charge in [-0.05, 0) is 24.0 Å². The first-order valence-corrected chi connectivity index (χ1v) is 6.94. The van der Waals surface area contributed by atoms with Crippen LogP contribution in [-0.4, -0.2) is 37.5 Å². The lowest BCUT2D eigenvalue weighted by Gasteiger charge is -2.16. The summed E-state index contributed by atoms with van der Waals surface area (Å²) in [6.45, 7) is 4.47. The summed E-state index contributed by atoms with van der Waals surface area (Å²) in [6.07, 6.45) is 1.02. The summed E-state index contributed by atoms with van der Waals surface area (Å²) in [5.74, 6) is 0. The van der Waals surface area contributed by atoms with Crippen LogP contribution in [0.5, 0.6) is 0 Å². The van der Waals surface area contributed by atoms with Gasteiger partial charge in [0.15, 0.2) is 0 Å². The number of benzene rings is 1. The molecule has 5 heteroatoms.